The van der Waals surface area contributed by atoms with Crippen LogP contribution in [-0.4, -0.2) is 35.2 Å². The lowest BCUT2D eigenvalue weighted by Gasteiger charge is -2.48. The quantitative estimate of drug-likeness (QED) is 0.203. The van der Waals surface area contributed by atoms with Gasteiger partial charge in [-0.1, -0.05) is 58.4 Å². The Labute approximate surface area is 202 Å². The number of carbonyl (C=O) groups excluding carboxylic acids is 3. The van der Waals surface area contributed by atoms with Gasteiger partial charge in [0.05, 0.1) is 11.8 Å². The van der Waals surface area contributed by atoms with Crippen molar-refractivity contribution in [1.29, 1.82) is 0 Å². The van der Waals surface area contributed by atoms with Crippen molar-refractivity contribution in [2.45, 2.75) is 72.8 Å². The summed E-state index contributed by atoms with van der Waals surface area (Å²) in [6, 6.07) is 0. The van der Waals surface area contributed by atoms with Crippen LogP contribution in [0.5, 0.6) is 0 Å². The van der Waals surface area contributed by atoms with Crippen LogP contribution in [-0.2, 0) is 23.9 Å². The number of aliphatic carboxylic acids is 1. The lowest BCUT2D eigenvalue weighted by Crippen LogP contribution is -2.49. The van der Waals surface area contributed by atoms with Crippen LogP contribution in [0.2, 0.25) is 0 Å². The highest BCUT2D eigenvalue weighted by Crippen LogP contribution is 2.53. The average Bonchev–Trinajstić information content (AvgIpc) is 2.77. The van der Waals surface area contributed by atoms with E-state index in [4.69, 9.17) is 4.74 Å². The third-order valence-electron chi connectivity index (χ3n) is 7.42. The van der Waals surface area contributed by atoms with E-state index in [1.807, 2.05) is 6.92 Å². The molecule has 0 bridgehead atoms. The lowest BCUT2D eigenvalue weighted by molar-refractivity contribution is -0.152. The van der Waals surface area contributed by atoms with Gasteiger partial charge in [-0.15, -0.1) is 0 Å². The van der Waals surface area contributed by atoms with Crippen LogP contribution >= 0.6 is 0 Å². The normalized spacial score (nSPS) is 29.1. The highest BCUT2D eigenvalue weighted by Gasteiger charge is 2.53. The molecule has 1 saturated carbocycles. The van der Waals surface area contributed by atoms with Crippen molar-refractivity contribution in [3.05, 3.63) is 47.6 Å². The summed E-state index contributed by atoms with van der Waals surface area (Å²) in [6.07, 6.45) is 9.48. The molecule has 0 heterocycles. The molecule has 186 valence electrons. The molecule has 2 aliphatic rings. The number of allylic oxidation sites excluding steroid dienone is 5. The minimum atomic E-state index is -0.963. The topological polar surface area (TPSA) is 97.7 Å². The summed E-state index contributed by atoms with van der Waals surface area (Å²) in [5.41, 5.74) is 0.707. The molecule has 6 heteroatoms. The molecular weight excluding hydrogens is 432 g/mol. The molecule has 6 atom stereocenters. The largest absolute Gasteiger partial charge is 0.481 e. The van der Waals surface area contributed by atoms with Gasteiger partial charge in [0.2, 0.25) is 0 Å². The second-order valence-corrected chi connectivity index (χ2v) is 10.2. The van der Waals surface area contributed by atoms with Gasteiger partial charge in [-0.2, -0.15) is 0 Å². The first-order chi connectivity index (χ1) is 15.9. The number of hydrogen-bond donors (Lipinski definition) is 1. The van der Waals surface area contributed by atoms with Crippen molar-refractivity contribution >= 4 is 24.0 Å². The fraction of sp³-hybridized carbons (Fsp3) is 0.571. The van der Waals surface area contributed by atoms with Crippen LogP contribution in [0, 0.1) is 29.1 Å². The molecule has 0 aromatic heterocycles. The molecule has 0 aliphatic heterocycles. The van der Waals surface area contributed by atoms with Gasteiger partial charge in [0.25, 0.3) is 0 Å². The van der Waals surface area contributed by atoms with Crippen molar-refractivity contribution in [1.82, 2.24) is 0 Å². The fourth-order valence-electron chi connectivity index (χ4n) is 5.32. The van der Waals surface area contributed by atoms with E-state index in [9.17, 15) is 24.3 Å². The molecule has 0 spiro atoms. The lowest BCUT2D eigenvalue weighted by atomic mass is 9.56. The summed E-state index contributed by atoms with van der Waals surface area (Å²) < 4.78 is 5.70. The Balaban J connectivity index is 2.20. The molecule has 0 saturated heterocycles. The van der Waals surface area contributed by atoms with Crippen LogP contribution < -0.4 is 0 Å². The maximum atomic E-state index is 12.7. The van der Waals surface area contributed by atoms with Crippen LogP contribution in [0.4, 0.5) is 0 Å². The van der Waals surface area contributed by atoms with Gasteiger partial charge in [0.1, 0.15) is 12.4 Å². The molecule has 6 nitrogen and oxygen atoms in total. The van der Waals surface area contributed by atoms with Gasteiger partial charge in [-0.05, 0) is 61.7 Å². The van der Waals surface area contributed by atoms with Gasteiger partial charge < -0.3 is 9.84 Å². The number of esters is 1. The van der Waals surface area contributed by atoms with Crippen molar-refractivity contribution in [3.8, 4) is 0 Å². The van der Waals surface area contributed by atoms with Gasteiger partial charge in [0, 0.05) is 11.5 Å². The van der Waals surface area contributed by atoms with Gasteiger partial charge in [-0.3, -0.25) is 14.4 Å². The van der Waals surface area contributed by atoms with E-state index in [2.05, 4.69) is 33.4 Å². The van der Waals surface area contributed by atoms with Gasteiger partial charge in [0.15, 0.2) is 5.78 Å². The Hall–Kier alpha value is -2.76. The highest BCUT2D eigenvalue weighted by molar-refractivity contribution is 6.00. The molecule has 34 heavy (non-hydrogen) atoms. The Morgan fingerprint density at radius 2 is 1.97 bits per heavy atom. The number of ether oxygens (including phenoxy) is 1. The highest BCUT2D eigenvalue weighted by atomic mass is 16.5. The smallest absolute Gasteiger partial charge is 0.331 e. The number of carboxylic acid groups (broad SMARTS) is 1. The van der Waals surface area contributed by atoms with Gasteiger partial charge in [-0.25, -0.2) is 4.79 Å². The van der Waals surface area contributed by atoms with E-state index in [1.54, 1.807) is 13.0 Å². The fourth-order valence-corrected chi connectivity index (χ4v) is 5.32. The number of ketones is 1. The Morgan fingerprint density at radius 1 is 1.29 bits per heavy atom. The summed E-state index contributed by atoms with van der Waals surface area (Å²) in [7, 11) is 0. The van der Waals surface area contributed by atoms with Crippen LogP contribution in [0.15, 0.2) is 47.6 Å². The second kappa shape index (κ2) is 11.6. The average molecular weight is 471 g/mol. The molecule has 2 rings (SSSR count). The number of hydrogen-bond acceptors (Lipinski definition) is 5. The van der Waals surface area contributed by atoms with Crippen molar-refractivity contribution in [3.63, 3.8) is 0 Å². The van der Waals surface area contributed by atoms with E-state index in [0.717, 1.165) is 18.4 Å². The van der Waals surface area contributed by atoms with E-state index in [0.29, 0.717) is 36.5 Å². The molecule has 0 radical (unpaired) electrons. The number of fused-ring (bicyclic) bond motifs is 1. The van der Waals surface area contributed by atoms with Gasteiger partial charge >= 0.3 is 11.9 Å². The first kappa shape index (κ1) is 27.5. The summed E-state index contributed by atoms with van der Waals surface area (Å²) in [5.74, 6) is -2.26. The second-order valence-electron chi connectivity index (χ2n) is 10.2. The standard InChI is InChI=1S/C28H38O6/c1-7-17(2)12-19(4)13-18(3)8-11-26(31)34-25-10-9-22(27(32)33)28(6)15-21(20(5)16-29)24(30)14-23(25)28/h8,11,13-14,16-17,19,21-22,25H,5,7,9-10,12,15H2,1-4,6H3,(H,32,33)/b11-8+,18-13+/t17?,19?,21-,22-,25-,28-/m1/s1. The number of rotatable bonds is 10. The molecule has 0 aromatic rings. The van der Waals surface area contributed by atoms with Crippen molar-refractivity contribution in [2.75, 3.05) is 0 Å². The van der Waals surface area contributed by atoms with E-state index in [-0.39, 0.29) is 17.8 Å². The number of carboxylic acids is 1. The third kappa shape index (κ3) is 6.43. The van der Waals surface area contributed by atoms with E-state index in [1.165, 1.54) is 12.2 Å². The summed E-state index contributed by atoms with van der Waals surface area (Å²) in [4.78, 5) is 48.5. The van der Waals surface area contributed by atoms with E-state index >= 15 is 0 Å². The molecule has 2 aliphatic carbocycles. The monoisotopic (exact) mass is 470 g/mol. The molecule has 1 N–H and O–H groups in total. The number of carbonyl (C=O) groups is 4. The Morgan fingerprint density at radius 3 is 2.56 bits per heavy atom. The number of aldehydes is 1. The van der Waals surface area contributed by atoms with E-state index < -0.39 is 35.3 Å². The maximum Gasteiger partial charge on any atom is 0.331 e. The summed E-state index contributed by atoms with van der Waals surface area (Å²) >= 11 is 0. The predicted molar refractivity (Wildman–Crippen MR) is 131 cm³/mol. The first-order valence-electron chi connectivity index (χ1n) is 12.1. The zero-order valence-corrected chi connectivity index (χ0v) is 21.0. The molecule has 0 amide bonds. The Kier molecular flexibility index (Phi) is 9.37. The maximum absolute atomic E-state index is 12.7. The van der Waals surface area contributed by atoms with Crippen LogP contribution in [0.3, 0.4) is 0 Å². The van der Waals surface area contributed by atoms with Crippen molar-refractivity contribution in [2.24, 2.45) is 29.1 Å². The van der Waals surface area contributed by atoms with Crippen LogP contribution in [0.25, 0.3) is 0 Å². The van der Waals surface area contributed by atoms with Crippen LogP contribution in [0.1, 0.15) is 66.7 Å². The summed E-state index contributed by atoms with van der Waals surface area (Å²) in [5, 5.41) is 9.82. The third-order valence-corrected chi connectivity index (χ3v) is 7.42. The minimum Gasteiger partial charge on any atom is -0.481 e. The van der Waals surface area contributed by atoms with Crippen molar-refractivity contribution < 1.29 is 29.0 Å². The minimum absolute atomic E-state index is 0.137. The zero-order chi connectivity index (χ0) is 25.6. The zero-order valence-electron chi connectivity index (χ0n) is 21.0. The Bertz CT molecular complexity index is 923. The molecule has 1 fully saturated rings. The summed E-state index contributed by atoms with van der Waals surface area (Å²) in [6.45, 7) is 13.9. The molecular formula is C28H38O6. The SMILES string of the molecule is C=C(C=O)[C@H]1C[C@@]2(C)C(=CC1=O)[C@H](OC(=O)/C=C/C(C)=C/C(C)CC(C)CC)CC[C@@H]2C(=O)O. The molecule has 2 unspecified atom stereocenters. The molecule has 0 aromatic carbocycles. The predicted octanol–water partition coefficient (Wildman–Crippen LogP) is 5.24. The first-order valence-corrected chi connectivity index (χ1v) is 12.1.